The molecule has 0 bridgehead atoms. The molecule has 0 aliphatic carbocycles. The molecule has 0 fully saturated rings. The van der Waals surface area contributed by atoms with Crippen molar-refractivity contribution >= 4 is 23.6 Å². The Hall–Kier alpha value is -3.08. The molecule has 0 aromatic heterocycles. The van der Waals surface area contributed by atoms with Crippen LogP contribution >= 0.6 is 0 Å². The van der Waals surface area contributed by atoms with Crippen molar-refractivity contribution in [3.05, 3.63) is 65.7 Å². The third-order valence-corrected chi connectivity index (χ3v) is 3.77. The monoisotopic (exact) mass is 367 g/mol. The summed E-state index contributed by atoms with van der Waals surface area (Å²) in [6, 6.07) is 14.3. The fourth-order valence-corrected chi connectivity index (χ4v) is 2.39. The molecule has 0 unspecified atom stereocenters. The van der Waals surface area contributed by atoms with Gasteiger partial charge in [-0.15, -0.1) is 0 Å². The summed E-state index contributed by atoms with van der Waals surface area (Å²) in [4.78, 5) is 24.3. The van der Waals surface area contributed by atoms with Crippen molar-refractivity contribution in [2.45, 2.75) is 26.7 Å². The standard InChI is InChI=1S/C22H25NO4/c1-3-5-16-27-20-13-9-6-10-17(20)14-15-21(24)23-19-12-8-7-11-18(19)22(25)26-4-2/h6-15H,3-5,16H2,1-2H3,(H,23,24)/b15-14+. The van der Waals surface area contributed by atoms with E-state index in [0.717, 1.165) is 24.2 Å². The fraction of sp³-hybridized carbons (Fsp3) is 0.273. The van der Waals surface area contributed by atoms with E-state index >= 15 is 0 Å². The lowest BCUT2D eigenvalue weighted by Gasteiger charge is -2.09. The molecule has 0 aliphatic heterocycles. The first-order valence-corrected chi connectivity index (χ1v) is 9.12. The normalized spacial score (nSPS) is 10.6. The molecule has 0 spiro atoms. The predicted molar refractivity (Wildman–Crippen MR) is 107 cm³/mol. The number of nitrogens with one attached hydrogen (secondary N) is 1. The minimum Gasteiger partial charge on any atom is -0.493 e. The zero-order valence-electron chi connectivity index (χ0n) is 15.7. The quantitative estimate of drug-likeness (QED) is 0.397. The van der Waals surface area contributed by atoms with Gasteiger partial charge >= 0.3 is 5.97 Å². The Labute approximate surface area is 160 Å². The van der Waals surface area contributed by atoms with Gasteiger partial charge in [0.1, 0.15) is 5.75 Å². The Bertz CT molecular complexity index is 798. The van der Waals surface area contributed by atoms with Crippen LogP contribution in [-0.4, -0.2) is 25.1 Å². The number of esters is 1. The van der Waals surface area contributed by atoms with E-state index in [4.69, 9.17) is 9.47 Å². The van der Waals surface area contributed by atoms with E-state index in [9.17, 15) is 9.59 Å². The SMILES string of the molecule is CCCCOc1ccccc1/C=C/C(=O)Nc1ccccc1C(=O)OCC. The molecule has 0 heterocycles. The van der Waals surface area contributed by atoms with Crippen LogP contribution in [0.25, 0.3) is 6.08 Å². The van der Waals surface area contributed by atoms with Crippen LogP contribution in [0, 0.1) is 0 Å². The van der Waals surface area contributed by atoms with E-state index in [1.54, 1.807) is 37.3 Å². The van der Waals surface area contributed by atoms with E-state index in [-0.39, 0.29) is 12.5 Å². The van der Waals surface area contributed by atoms with Gasteiger partial charge in [-0.3, -0.25) is 4.79 Å². The second-order valence-corrected chi connectivity index (χ2v) is 5.83. The van der Waals surface area contributed by atoms with Crippen LogP contribution in [-0.2, 0) is 9.53 Å². The molecular formula is C22H25NO4. The lowest BCUT2D eigenvalue weighted by molar-refractivity contribution is -0.111. The molecule has 0 saturated carbocycles. The third-order valence-electron chi connectivity index (χ3n) is 3.77. The van der Waals surface area contributed by atoms with E-state index < -0.39 is 5.97 Å². The van der Waals surface area contributed by atoms with Gasteiger partial charge < -0.3 is 14.8 Å². The van der Waals surface area contributed by atoms with E-state index in [1.807, 2.05) is 24.3 Å². The van der Waals surface area contributed by atoms with Gasteiger partial charge in [-0.25, -0.2) is 4.79 Å². The van der Waals surface area contributed by atoms with Gasteiger partial charge in [-0.2, -0.15) is 0 Å². The topological polar surface area (TPSA) is 64.6 Å². The van der Waals surface area contributed by atoms with Crippen LogP contribution in [0.4, 0.5) is 5.69 Å². The zero-order chi connectivity index (χ0) is 19.5. The Balaban J connectivity index is 2.08. The number of hydrogen-bond acceptors (Lipinski definition) is 4. The summed E-state index contributed by atoms with van der Waals surface area (Å²) in [5.41, 5.74) is 1.56. The van der Waals surface area contributed by atoms with Crippen molar-refractivity contribution in [1.82, 2.24) is 0 Å². The minimum absolute atomic E-state index is 0.274. The number of hydrogen-bond donors (Lipinski definition) is 1. The molecule has 2 aromatic rings. The Morgan fingerprint density at radius 1 is 1.04 bits per heavy atom. The fourth-order valence-electron chi connectivity index (χ4n) is 2.39. The Kier molecular flexibility index (Phi) is 8.10. The highest BCUT2D eigenvalue weighted by molar-refractivity contribution is 6.06. The van der Waals surface area contributed by atoms with Crippen LogP contribution in [0.15, 0.2) is 54.6 Å². The number of carbonyl (C=O) groups is 2. The van der Waals surface area contributed by atoms with Gasteiger partial charge in [0, 0.05) is 11.6 Å². The van der Waals surface area contributed by atoms with Crippen LogP contribution in [0.1, 0.15) is 42.6 Å². The molecule has 2 aromatic carbocycles. The van der Waals surface area contributed by atoms with Crippen molar-refractivity contribution in [2.24, 2.45) is 0 Å². The van der Waals surface area contributed by atoms with Crippen molar-refractivity contribution < 1.29 is 19.1 Å². The average molecular weight is 367 g/mol. The largest absolute Gasteiger partial charge is 0.493 e. The molecule has 0 saturated heterocycles. The summed E-state index contributed by atoms with van der Waals surface area (Å²) in [6.45, 7) is 4.76. The predicted octanol–water partition coefficient (Wildman–Crippen LogP) is 4.69. The van der Waals surface area contributed by atoms with E-state index in [0.29, 0.717) is 17.9 Å². The van der Waals surface area contributed by atoms with Crippen molar-refractivity contribution in [2.75, 3.05) is 18.5 Å². The number of para-hydroxylation sites is 2. The van der Waals surface area contributed by atoms with Gasteiger partial charge in [0.05, 0.1) is 24.5 Å². The maximum absolute atomic E-state index is 12.3. The summed E-state index contributed by atoms with van der Waals surface area (Å²) in [6.07, 6.45) is 5.15. The third kappa shape index (κ3) is 6.29. The molecule has 1 N–H and O–H groups in total. The first-order valence-electron chi connectivity index (χ1n) is 9.12. The molecule has 0 radical (unpaired) electrons. The van der Waals surface area contributed by atoms with Crippen molar-refractivity contribution in [3.8, 4) is 5.75 Å². The van der Waals surface area contributed by atoms with E-state index in [1.165, 1.54) is 6.08 Å². The highest BCUT2D eigenvalue weighted by atomic mass is 16.5. The average Bonchev–Trinajstić information content (AvgIpc) is 2.68. The van der Waals surface area contributed by atoms with Crippen LogP contribution in [0.3, 0.4) is 0 Å². The number of benzene rings is 2. The van der Waals surface area contributed by atoms with Gasteiger partial charge in [0.25, 0.3) is 0 Å². The molecule has 0 atom stereocenters. The lowest BCUT2D eigenvalue weighted by atomic mass is 10.1. The molecular weight excluding hydrogens is 342 g/mol. The summed E-state index contributed by atoms with van der Waals surface area (Å²) < 4.78 is 10.8. The molecule has 1 amide bonds. The minimum atomic E-state index is -0.466. The summed E-state index contributed by atoms with van der Waals surface area (Å²) in [5, 5.41) is 2.72. The Morgan fingerprint density at radius 3 is 2.56 bits per heavy atom. The smallest absolute Gasteiger partial charge is 0.340 e. The molecule has 0 aliphatic rings. The van der Waals surface area contributed by atoms with Crippen LogP contribution in [0.5, 0.6) is 5.75 Å². The van der Waals surface area contributed by atoms with Gasteiger partial charge in [0.2, 0.25) is 5.91 Å². The number of carbonyl (C=O) groups excluding carboxylic acids is 2. The Morgan fingerprint density at radius 2 is 1.78 bits per heavy atom. The molecule has 2 rings (SSSR count). The number of unbranched alkanes of at least 4 members (excludes halogenated alkanes) is 1. The van der Waals surface area contributed by atoms with Gasteiger partial charge in [-0.1, -0.05) is 43.7 Å². The summed E-state index contributed by atoms with van der Waals surface area (Å²) in [5.74, 6) is -0.0657. The number of ether oxygens (including phenoxy) is 2. The first-order chi connectivity index (χ1) is 13.2. The second kappa shape index (κ2) is 10.8. The van der Waals surface area contributed by atoms with Crippen LogP contribution < -0.4 is 10.1 Å². The van der Waals surface area contributed by atoms with Crippen molar-refractivity contribution in [1.29, 1.82) is 0 Å². The maximum Gasteiger partial charge on any atom is 0.340 e. The second-order valence-electron chi connectivity index (χ2n) is 5.83. The zero-order valence-corrected chi connectivity index (χ0v) is 15.7. The summed E-state index contributed by atoms with van der Waals surface area (Å²) >= 11 is 0. The molecule has 27 heavy (non-hydrogen) atoms. The molecule has 142 valence electrons. The van der Waals surface area contributed by atoms with E-state index in [2.05, 4.69) is 12.2 Å². The van der Waals surface area contributed by atoms with Crippen molar-refractivity contribution in [3.63, 3.8) is 0 Å². The summed E-state index contributed by atoms with van der Waals surface area (Å²) in [7, 11) is 0. The molecule has 5 nitrogen and oxygen atoms in total. The maximum atomic E-state index is 12.3. The lowest BCUT2D eigenvalue weighted by Crippen LogP contribution is -2.13. The number of rotatable bonds is 9. The van der Waals surface area contributed by atoms with Crippen LogP contribution in [0.2, 0.25) is 0 Å². The number of anilines is 1. The number of amides is 1. The highest BCUT2D eigenvalue weighted by Crippen LogP contribution is 2.20. The molecule has 5 heteroatoms. The van der Waals surface area contributed by atoms with Gasteiger partial charge in [-0.05, 0) is 37.6 Å². The first kappa shape index (κ1) is 20.2. The highest BCUT2D eigenvalue weighted by Gasteiger charge is 2.13. The van der Waals surface area contributed by atoms with Gasteiger partial charge in [0.15, 0.2) is 0 Å².